The average molecular weight is 300 g/mol. The Morgan fingerprint density at radius 2 is 1.85 bits per heavy atom. The van der Waals surface area contributed by atoms with E-state index < -0.39 is 9.84 Å². The molecule has 1 aliphatic carbocycles. The van der Waals surface area contributed by atoms with Gasteiger partial charge in [-0.1, -0.05) is 31.8 Å². The van der Waals surface area contributed by atoms with E-state index in [0.29, 0.717) is 19.0 Å². The second-order valence-electron chi connectivity index (χ2n) is 5.72. The minimum absolute atomic E-state index is 0.0641. The zero-order valence-electron chi connectivity index (χ0n) is 11.8. The van der Waals surface area contributed by atoms with Crippen LogP contribution in [-0.4, -0.2) is 38.7 Å². The van der Waals surface area contributed by atoms with E-state index in [1.165, 1.54) is 31.1 Å². The number of rotatable bonds is 5. The Bertz CT molecular complexity index is 451. The van der Waals surface area contributed by atoms with Gasteiger partial charge in [-0.25, -0.2) is 8.42 Å². The molecule has 0 aromatic rings. The predicted octanol–water partition coefficient (Wildman–Crippen LogP) is 1.12. The Hall–Kier alpha value is -0.880. The number of nitrogens with one attached hydrogen (secondary N) is 2. The molecule has 114 valence electrons. The monoisotopic (exact) mass is 300 g/mol. The van der Waals surface area contributed by atoms with Gasteiger partial charge in [0.15, 0.2) is 9.84 Å². The molecule has 6 heteroatoms. The lowest BCUT2D eigenvalue weighted by Crippen LogP contribution is -2.38. The van der Waals surface area contributed by atoms with Crippen LogP contribution in [0.4, 0.5) is 0 Å². The first-order valence-corrected chi connectivity index (χ1v) is 9.20. The van der Waals surface area contributed by atoms with Gasteiger partial charge in [0.05, 0.1) is 5.75 Å². The fourth-order valence-corrected chi connectivity index (χ4v) is 4.07. The predicted molar refractivity (Wildman–Crippen MR) is 79.0 cm³/mol. The minimum Gasteiger partial charge on any atom is -0.353 e. The van der Waals surface area contributed by atoms with Crippen molar-refractivity contribution in [2.75, 3.05) is 12.3 Å². The third-order valence-corrected chi connectivity index (χ3v) is 5.30. The maximum Gasteiger partial charge on any atom is 0.221 e. The summed E-state index contributed by atoms with van der Waals surface area (Å²) in [6.07, 6.45) is 9.18. The molecule has 5 nitrogen and oxygen atoms in total. The van der Waals surface area contributed by atoms with Crippen molar-refractivity contribution in [1.82, 2.24) is 10.6 Å². The molecule has 0 bridgehead atoms. The maximum atomic E-state index is 11.8. The van der Waals surface area contributed by atoms with Crippen LogP contribution >= 0.6 is 0 Å². The Balaban J connectivity index is 1.62. The molecule has 0 radical (unpaired) electrons. The summed E-state index contributed by atoms with van der Waals surface area (Å²) in [4.78, 5) is 11.8. The molecular weight excluding hydrogens is 276 g/mol. The molecule has 0 aromatic carbocycles. The Morgan fingerprint density at radius 1 is 1.15 bits per heavy atom. The number of amides is 1. The second kappa shape index (κ2) is 7.22. The summed E-state index contributed by atoms with van der Waals surface area (Å²) in [7, 11) is -3.02. The fourth-order valence-electron chi connectivity index (χ4n) is 2.80. The van der Waals surface area contributed by atoms with Crippen LogP contribution in [0, 0.1) is 0 Å². The first-order valence-electron chi connectivity index (χ1n) is 7.49. The highest BCUT2D eigenvalue weighted by atomic mass is 32.2. The lowest BCUT2D eigenvalue weighted by Gasteiger charge is -2.16. The third kappa shape index (κ3) is 5.25. The molecule has 2 N–H and O–H groups in total. The minimum atomic E-state index is -3.02. The van der Waals surface area contributed by atoms with Crippen molar-refractivity contribution in [3.8, 4) is 0 Å². The van der Waals surface area contributed by atoms with Crippen LogP contribution in [0.3, 0.4) is 0 Å². The van der Waals surface area contributed by atoms with Gasteiger partial charge in [-0.15, -0.1) is 0 Å². The van der Waals surface area contributed by atoms with E-state index in [1.54, 1.807) is 6.08 Å². The van der Waals surface area contributed by atoms with Crippen LogP contribution in [-0.2, 0) is 14.6 Å². The van der Waals surface area contributed by atoms with Crippen LogP contribution in [0.25, 0.3) is 0 Å². The molecule has 2 rings (SSSR count). The lowest BCUT2D eigenvalue weighted by molar-refractivity contribution is -0.121. The van der Waals surface area contributed by atoms with Gasteiger partial charge in [0.2, 0.25) is 5.91 Å². The van der Waals surface area contributed by atoms with Crippen molar-refractivity contribution in [2.45, 2.75) is 57.0 Å². The summed E-state index contributed by atoms with van der Waals surface area (Å²) in [5, 5.41) is 7.42. The van der Waals surface area contributed by atoms with Gasteiger partial charge in [0, 0.05) is 30.5 Å². The van der Waals surface area contributed by atoms with Crippen LogP contribution in [0.15, 0.2) is 11.5 Å². The standard InChI is InChI=1S/C14H24N2O3S/c17-14(16-12-5-3-1-2-4-6-12)7-9-15-13-8-10-20(18,19)11-13/h8,10,12-13,15H,1-7,9,11H2,(H,16,17)/t13-/m0/s1. The smallest absolute Gasteiger partial charge is 0.221 e. The van der Waals surface area contributed by atoms with Crippen molar-refractivity contribution in [1.29, 1.82) is 0 Å². The van der Waals surface area contributed by atoms with Crippen molar-refractivity contribution in [3.63, 3.8) is 0 Å². The quantitative estimate of drug-likeness (QED) is 0.746. The fraction of sp³-hybridized carbons (Fsp3) is 0.786. The van der Waals surface area contributed by atoms with Crippen LogP contribution in [0.2, 0.25) is 0 Å². The summed E-state index contributed by atoms with van der Waals surface area (Å²) in [6.45, 7) is 0.517. The summed E-state index contributed by atoms with van der Waals surface area (Å²) in [6, 6.07) is 0.183. The second-order valence-corrected chi connectivity index (χ2v) is 7.66. The molecule has 1 atom stereocenters. The van der Waals surface area contributed by atoms with E-state index in [-0.39, 0.29) is 17.7 Å². The van der Waals surface area contributed by atoms with E-state index >= 15 is 0 Å². The van der Waals surface area contributed by atoms with Gasteiger partial charge in [-0.3, -0.25) is 4.79 Å². The molecule has 0 saturated heterocycles. The highest BCUT2D eigenvalue weighted by molar-refractivity contribution is 7.94. The van der Waals surface area contributed by atoms with Crippen LogP contribution in [0.5, 0.6) is 0 Å². The van der Waals surface area contributed by atoms with Crippen LogP contribution in [0.1, 0.15) is 44.9 Å². The summed E-state index contributed by atoms with van der Waals surface area (Å²) in [5.41, 5.74) is 0. The Kier molecular flexibility index (Phi) is 5.60. The normalized spacial score (nSPS) is 26.3. The highest BCUT2D eigenvalue weighted by Gasteiger charge is 2.21. The molecule has 0 aromatic heterocycles. The Labute approximate surface area is 121 Å². The molecule has 20 heavy (non-hydrogen) atoms. The van der Waals surface area contributed by atoms with E-state index in [4.69, 9.17) is 0 Å². The molecule has 0 spiro atoms. The molecule has 1 heterocycles. The van der Waals surface area contributed by atoms with Crippen LogP contribution < -0.4 is 10.6 Å². The van der Waals surface area contributed by atoms with Gasteiger partial charge in [0.25, 0.3) is 0 Å². The lowest BCUT2D eigenvalue weighted by atomic mass is 10.1. The topological polar surface area (TPSA) is 75.3 Å². The van der Waals surface area contributed by atoms with Gasteiger partial charge < -0.3 is 10.6 Å². The largest absolute Gasteiger partial charge is 0.353 e. The number of carbonyl (C=O) groups is 1. The first kappa shape index (κ1) is 15.5. The van der Waals surface area contributed by atoms with Gasteiger partial charge >= 0.3 is 0 Å². The third-order valence-electron chi connectivity index (χ3n) is 3.91. The molecule has 2 aliphatic rings. The molecule has 1 saturated carbocycles. The highest BCUT2D eigenvalue weighted by Crippen LogP contribution is 2.17. The van der Waals surface area contributed by atoms with Gasteiger partial charge in [0.1, 0.15) is 0 Å². The SMILES string of the molecule is O=C(CCN[C@H]1C=CS(=O)(=O)C1)NC1CCCCCC1. The van der Waals surface area contributed by atoms with Crippen molar-refractivity contribution < 1.29 is 13.2 Å². The van der Waals surface area contributed by atoms with E-state index in [2.05, 4.69) is 10.6 Å². The number of hydrogen-bond acceptors (Lipinski definition) is 4. The molecule has 1 aliphatic heterocycles. The first-order chi connectivity index (χ1) is 9.55. The summed E-state index contributed by atoms with van der Waals surface area (Å²) >= 11 is 0. The van der Waals surface area contributed by atoms with Crippen molar-refractivity contribution in [3.05, 3.63) is 11.5 Å². The van der Waals surface area contributed by atoms with Gasteiger partial charge in [-0.2, -0.15) is 0 Å². The zero-order chi connectivity index (χ0) is 14.4. The summed E-state index contributed by atoms with van der Waals surface area (Å²) in [5.74, 6) is 0.172. The number of sulfone groups is 1. The maximum absolute atomic E-state index is 11.8. The molecule has 1 fully saturated rings. The number of hydrogen-bond donors (Lipinski definition) is 2. The van der Waals surface area contributed by atoms with E-state index in [0.717, 1.165) is 12.8 Å². The summed E-state index contributed by atoms with van der Waals surface area (Å²) < 4.78 is 22.5. The van der Waals surface area contributed by atoms with E-state index in [1.807, 2.05) is 0 Å². The molecule has 0 unspecified atom stereocenters. The van der Waals surface area contributed by atoms with Crippen molar-refractivity contribution in [2.24, 2.45) is 0 Å². The molecular formula is C14H24N2O3S. The zero-order valence-corrected chi connectivity index (χ0v) is 12.6. The van der Waals surface area contributed by atoms with Gasteiger partial charge in [-0.05, 0) is 12.8 Å². The molecule has 1 amide bonds. The van der Waals surface area contributed by atoms with Crippen molar-refractivity contribution >= 4 is 15.7 Å². The Morgan fingerprint density at radius 3 is 2.45 bits per heavy atom. The van der Waals surface area contributed by atoms with E-state index in [9.17, 15) is 13.2 Å². The number of carbonyl (C=O) groups excluding carboxylic acids is 1. The average Bonchev–Trinajstić information content (AvgIpc) is 2.60.